The van der Waals surface area contributed by atoms with Gasteiger partial charge in [-0.1, -0.05) is 39.0 Å². The van der Waals surface area contributed by atoms with Gasteiger partial charge >= 0.3 is 12.1 Å². The lowest BCUT2D eigenvalue weighted by molar-refractivity contribution is -0.145. The third-order valence-corrected chi connectivity index (χ3v) is 9.29. The van der Waals surface area contributed by atoms with E-state index in [4.69, 9.17) is 9.47 Å². The fraction of sp³-hybridized carbons (Fsp3) is 0.438. The van der Waals surface area contributed by atoms with Gasteiger partial charge in [0, 0.05) is 29.2 Å². The van der Waals surface area contributed by atoms with Crippen LogP contribution in [-0.2, 0) is 39.6 Å². The van der Waals surface area contributed by atoms with Crippen LogP contribution in [0, 0.1) is 17.7 Å². The number of rotatable bonds is 6. The topological polar surface area (TPSA) is 48.4 Å². The van der Waals surface area contributed by atoms with E-state index in [1.807, 2.05) is 19.9 Å². The Balaban J connectivity index is 1.25. The summed E-state index contributed by atoms with van der Waals surface area (Å²) in [7, 11) is 0. The van der Waals surface area contributed by atoms with Crippen molar-refractivity contribution in [2.24, 2.45) is 11.8 Å². The molecule has 0 radical (unpaired) electrons. The normalized spacial score (nSPS) is 25.6. The van der Waals surface area contributed by atoms with E-state index in [0.29, 0.717) is 24.5 Å². The fourth-order valence-electron chi connectivity index (χ4n) is 7.23. The van der Waals surface area contributed by atoms with Gasteiger partial charge in [-0.25, -0.2) is 9.37 Å². The van der Waals surface area contributed by atoms with Crippen LogP contribution in [-0.4, -0.2) is 17.6 Å². The first-order chi connectivity index (χ1) is 18.9. The molecule has 3 aliphatic rings. The Labute approximate surface area is 230 Å². The van der Waals surface area contributed by atoms with Crippen molar-refractivity contribution in [2.45, 2.75) is 70.1 Å². The van der Waals surface area contributed by atoms with Gasteiger partial charge in [0.2, 0.25) is 5.88 Å². The van der Waals surface area contributed by atoms with Crippen LogP contribution in [0.15, 0.2) is 48.7 Å². The summed E-state index contributed by atoms with van der Waals surface area (Å²) in [6, 6.07) is 10.6. The summed E-state index contributed by atoms with van der Waals surface area (Å²) in [4.78, 5) is 16.8. The highest BCUT2D eigenvalue weighted by Crippen LogP contribution is 2.66. The second-order valence-electron chi connectivity index (χ2n) is 12.0. The van der Waals surface area contributed by atoms with Gasteiger partial charge in [0.25, 0.3) is 0 Å². The number of carbonyl (C=O) groups is 1. The third-order valence-electron chi connectivity index (χ3n) is 9.29. The summed E-state index contributed by atoms with van der Waals surface area (Å²) in [6.07, 6.45) is -1.59. The van der Waals surface area contributed by atoms with Gasteiger partial charge < -0.3 is 9.47 Å². The fourth-order valence-corrected chi connectivity index (χ4v) is 7.23. The van der Waals surface area contributed by atoms with Crippen LogP contribution in [0.25, 0.3) is 0 Å². The van der Waals surface area contributed by atoms with Crippen molar-refractivity contribution in [2.75, 3.05) is 6.61 Å². The lowest BCUT2D eigenvalue weighted by atomic mass is 9.84. The first-order valence-corrected chi connectivity index (χ1v) is 13.6. The number of hydrogen-bond acceptors (Lipinski definition) is 4. The molecule has 2 unspecified atom stereocenters. The van der Waals surface area contributed by atoms with Gasteiger partial charge in [0.05, 0.1) is 18.1 Å². The number of pyridine rings is 1. The first-order valence-electron chi connectivity index (χ1n) is 13.6. The SMILES string of the molecule is CCOC(=O)[C@H]1[C@@H]2Cc3cc(OCc4cc5c(cc4F)C(C)(C)CC5c4ccccc4C(F)(F)F)ncc3C21C. The Bertz CT molecular complexity index is 1510. The molecule has 0 spiro atoms. The minimum Gasteiger partial charge on any atom is -0.473 e. The molecule has 0 amide bonds. The van der Waals surface area contributed by atoms with E-state index < -0.39 is 28.9 Å². The molecule has 0 bridgehead atoms. The van der Waals surface area contributed by atoms with Gasteiger partial charge in [-0.2, -0.15) is 13.2 Å². The van der Waals surface area contributed by atoms with Crippen LogP contribution < -0.4 is 4.74 Å². The number of alkyl halides is 3. The largest absolute Gasteiger partial charge is 0.473 e. The molecular weight excluding hydrogens is 522 g/mol. The number of aromatic nitrogens is 1. The van der Waals surface area contributed by atoms with Crippen LogP contribution in [0.3, 0.4) is 0 Å². The summed E-state index contributed by atoms with van der Waals surface area (Å²) in [5.41, 5.74) is 2.52. The van der Waals surface area contributed by atoms with E-state index in [1.54, 1.807) is 25.3 Å². The second-order valence-corrected chi connectivity index (χ2v) is 12.0. The van der Waals surface area contributed by atoms with Gasteiger partial charge in [-0.05, 0) is 77.1 Å². The molecule has 8 heteroatoms. The summed E-state index contributed by atoms with van der Waals surface area (Å²) >= 11 is 0. The highest BCUT2D eigenvalue weighted by Gasteiger charge is 2.70. The first kappa shape index (κ1) is 26.8. The molecule has 0 N–H and O–H groups in total. The maximum Gasteiger partial charge on any atom is 0.416 e. The molecule has 6 rings (SSSR count). The Morgan fingerprint density at radius 3 is 2.55 bits per heavy atom. The van der Waals surface area contributed by atoms with E-state index in [9.17, 15) is 18.0 Å². The van der Waals surface area contributed by atoms with Crippen LogP contribution in [0.4, 0.5) is 17.6 Å². The van der Waals surface area contributed by atoms with E-state index in [0.717, 1.165) is 29.2 Å². The summed E-state index contributed by atoms with van der Waals surface area (Å²) in [5.74, 6) is -0.784. The Morgan fingerprint density at radius 2 is 1.82 bits per heavy atom. The standard InChI is InChI=1S/C32H31F4NO3/c1-5-39-29(38)28-24-11-17-12-27(37-15-25(17)31(24,28)4)40-16-18-10-20-21(14-30(2,3)23(20)13-26(18)33)19-8-6-7-9-22(19)32(34,35)36/h6-10,12-13,15,21,24,28H,5,11,14,16H2,1-4H3/t21?,24-,28+,31?/m0/s1. The monoisotopic (exact) mass is 553 g/mol. The molecule has 1 saturated carbocycles. The molecule has 0 saturated heterocycles. The lowest BCUT2D eigenvalue weighted by Crippen LogP contribution is -2.16. The van der Waals surface area contributed by atoms with Crippen LogP contribution >= 0.6 is 0 Å². The van der Waals surface area contributed by atoms with Crippen molar-refractivity contribution in [3.8, 4) is 5.88 Å². The Hall–Kier alpha value is -3.42. The minimum atomic E-state index is -4.48. The van der Waals surface area contributed by atoms with Crippen molar-refractivity contribution >= 4 is 5.97 Å². The molecule has 40 heavy (non-hydrogen) atoms. The number of benzene rings is 2. The van der Waals surface area contributed by atoms with E-state index >= 15 is 4.39 Å². The number of carbonyl (C=O) groups excluding carboxylic acids is 1. The molecular formula is C32H31F4NO3. The van der Waals surface area contributed by atoms with Crippen LogP contribution in [0.5, 0.6) is 5.88 Å². The number of nitrogens with zero attached hydrogens (tertiary/aromatic N) is 1. The molecule has 210 valence electrons. The maximum atomic E-state index is 15.3. The molecule has 4 nitrogen and oxygen atoms in total. The third kappa shape index (κ3) is 4.10. The quantitative estimate of drug-likeness (QED) is 0.238. The van der Waals surface area contributed by atoms with E-state index in [-0.39, 0.29) is 41.0 Å². The predicted molar refractivity (Wildman–Crippen MR) is 141 cm³/mol. The van der Waals surface area contributed by atoms with Crippen molar-refractivity contribution in [1.29, 1.82) is 0 Å². The van der Waals surface area contributed by atoms with Gasteiger partial charge in [0.1, 0.15) is 12.4 Å². The van der Waals surface area contributed by atoms with Gasteiger partial charge in [-0.15, -0.1) is 0 Å². The Kier molecular flexibility index (Phi) is 6.06. The van der Waals surface area contributed by atoms with E-state index in [1.165, 1.54) is 18.2 Å². The highest BCUT2D eigenvalue weighted by atomic mass is 19.4. The molecule has 1 heterocycles. The van der Waals surface area contributed by atoms with E-state index in [2.05, 4.69) is 11.9 Å². The molecule has 4 atom stereocenters. The average Bonchev–Trinajstić information content (AvgIpc) is 3.24. The van der Waals surface area contributed by atoms with Gasteiger partial charge in [-0.3, -0.25) is 4.79 Å². The van der Waals surface area contributed by atoms with Crippen molar-refractivity contribution in [1.82, 2.24) is 4.98 Å². The maximum absolute atomic E-state index is 15.3. The summed E-state index contributed by atoms with van der Waals surface area (Å²) in [5, 5.41) is 0. The second kappa shape index (κ2) is 9.05. The van der Waals surface area contributed by atoms with Gasteiger partial charge in [0.15, 0.2) is 0 Å². The zero-order valence-electron chi connectivity index (χ0n) is 22.9. The number of ether oxygens (including phenoxy) is 2. The van der Waals surface area contributed by atoms with Crippen molar-refractivity contribution in [3.05, 3.63) is 93.4 Å². The Morgan fingerprint density at radius 1 is 1.07 bits per heavy atom. The molecule has 0 aliphatic heterocycles. The highest BCUT2D eigenvalue weighted by molar-refractivity contribution is 5.81. The van der Waals surface area contributed by atoms with Crippen LogP contribution in [0.1, 0.15) is 79.0 Å². The minimum absolute atomic E-state index is 0.106. The van der Waals surface area contributed by atoms with Crippen molar-refractivity contribution < 1.29 is 31.8 Å². The number of hydrogen-bond donors (Lipinski definition) is 0. The summed E-state index contributed by atoms with van der Waals surface area (Å²) in [6.45, 7) is 7.96. The number of halogens is 4. The van der Waals surface area contributed by atoms with Crippen LogP contribution in [0.2, 0.25) is 0 Å². The molecule has 1 fully saturated rings. The zero-order chi connectivity index (χ0) is 28.6. The average molecular weight is 554 g/mol. The summed E-state index contributed by atoms with van der Waals surface area (Å²) < 4.78 is 68.0. The molecule has 3 aliphatic carbocycles. The zero-order valence-corrected chi connectivity index (χ0v) is 22.9. The predicted octanol–water partition coefficient (Wildman–Crippen LogP) is 7.25. The molecule has 2 aromatic carbocycles. The number of fused-ring (bicyclic) bond motifs is 4. The van der Waals surface area contributed by atoms with Crippen molar-refractivity contribution in [3.63, 3.8) is 0 Å². The smallest absolute Gasteiger partial charge is 0.416 e. The number of esters is 1. The molecule has 3 aromatic rings. The lowest BCUT2D eigenvalue weighted by Gasteiger charge is -2.21. The molecule has 1 aromatic heterocycles.